The number of nitrogens with one attached hydrogen (secondary N) is 2. The Balaban J connectivity index is 2.26. The van der Waals surface area contributed by atoms with Crippen molar-refractivity contribution in [3.63, 3.8) is 0 Å². The Morgan fingerprint density at radius 2 is 2.04 bits per heavy atom. The molecule has 0 saturated carbocycles. The van der Waals surface area contributed by atoms with Gasteiger partial charge in [-0.3, -0.25) is 9.59 Å². The van der Waals surface area contributed by atoms with Gasteiger partial charge in [0.1, 0.15) is 5.56 Å². The third kappa shape index (κ3) is 4.76. The Kier molecular flexibility index (Phi) is 6.47. The van der Waals surface area contributed by atoms with Crippen LogP contribution in [0.3, 0.4) is 0 Å². The molecular formula is C19H25N3O3. The van der Waals surface area contributed by atoms with Gasteiger partial charge in [-0.1, -0.05) is 26.0 Å². The zero-order valence-electron chi connectivity index (χ0n) is 15.2. The average Bonchev–Trinajstić information content (AvgIpc) is 2.59. The lowest BCUT2D eigenvalue weighted by molar-refractivity contribution is 0.0657. The number of benzene rings is 1. The lowest BCUT2D eigenvalue weighted by atomic mass is 10.0. The van der Waals surface area contributed by atoms with Gasteiger partial charge in [-0.05, 0) is 49.9 Å². The molecule has 0 aliphatic carbocycles. The lowest BCUT2D eigenvalue weighted by Gasteiger charge is -2.12. The quantitative estimate of drug-likeness (QED) is 0.809. The van der Waals surface area contributed by atoms with Crippen LogP contribution >= 0.6 is 0 Å². The number of nitrogens with zero attached hydrogens (tertiary/aromatic N) is 1. The fraction of sp³-hybridized carbons (Fsp3) is 0.421. The molecule has 2 N–H and O–H groups in total. The zero-order chi connectivity index (χ0) is 18.4. The molecule has 1 aromatic heterocycles. The van der Waals surface area contributed by atoms with Crippen molar-refractivity contribution in [3.8, 4) is 0 Å². The summed E-state index contributed by atoms with van der Waals surface area (Å²) in [5, 5.41) is 9.27. The van der Waals surface area contributed by atoms with Crippen molar-refractivity contribution in [1.82, 2.24) is 10.2 Å². The predicted molar refractivity (Wildman–Crippen MR) is 97.9 cm³/mol. The first-order chi connectivity index (χ1) is 12.0. The number of aromatic nitrogens is 2. The fourth-order valence-corrected chi connectivity index (χ4v) is 2.63. The maximum absolute atomic E-state index is 12.7. The summed E-state index contributed by atoms with van der Waals surface area (Å²) in [6.07, 6.45) is 1.36. The third-order valence-electron chi connectivity index (χ3n) is 3.85. The van der Waals surface area contributed by atoms with E-state index >= 15 is 0 Å². The molecule has 0 bridgehead atoms. The minimum atomic E-state index is -0.467. The molecule has 2 aromatic rings. The van der Waals surface area contributed by atoms with Crippen molar-refractivity contribution >= 4 is 11.6 Å². The van der Waals surface area contributed by atoms with E-state index in [9.17, 15) is 9.59 Å². The number of carbonyl (C=O) groups is 1. The molecule has 6 nitrogen and oxygen atoms in total. The zero-order valence-corrected chi connectivity index (χ0v) is 15.2. The van der Waals surface area contributed by atoms with Crippen LogP contribution < -0.4 is 10.9 Å². The molecule has 0 fully saturated rings. The summed E-state index contributed by atoms with van der Waals surface area (Å²) in [6, 6.07) is 7.42. The van der Waals surface area contributed by atoms with E-state index in [1.165, 1.54) is 0 Å². The van der Waals surface area contributed by atoms with Crippen molar-refractivity contribution in [2.24, 2.45) is 0 Å². The van der Waals surface area contributed by atoms with Crippen LogP contribution in [0.25, 0.3) is 0 Å². The highest BCUT2D eigenvalue weighted by atomic mass is 16.5. The van der Waals surface area contributed by atoms with Crippen molar-refractivity contribution in [2.45, 2.75) is 53.2 Å². The van der Waals surface area contributed by atoms with Crippen molar-refractivity contribution in [2.75, 3.05) is 5.32 Å². The standard InChI is InChI=1S/C19H25N3O3/c1-5-15-16(6-2)21-22-19(24)17(15)18(23)20-14-9-7-8-13(10-14)11-25-12(3)4/h7-10,12H,5-6,11H2,1-4H3,(H,20,23)(H,22,24). The number of aromatic amines is 1. The van der Waals surface area contributed by atoms with Gasteiger partial charge in [0.15, 0.2) is 0 Å². The first kappa shape index (κ1) is 18.9. The first-order valence-corrected chi connectivity index (χ1v) is 8.58. The highest BCUT2D eigenvalue weighted by Gasteiger charge is 2.19. The van der Waals surface area contributed by atoms with Crippen molar-refractivity contribution < 1.29 is 9.53 Å². The summed E-state index contributed by atoms with van der Waals surface area (Å²) in [7, 11) is 0. The Hall–Kier alpha value is -2.47. The molecule has 1 aromatic carbocycles. The van der Waals surface area contributed by atoms with Crippen LogP contribution in [-0.2, 0) is 24.2 Å². The second-order valence-electron chi connectivity index (χ2n) is 6.07. The van der Waals surface area contributed by atoms with Crippen molar-refractivity contribution in [3.05, 3.63) is 57.0 Å². The van der Waals surface area contributed by atoms with Gasteiger partial charge in [0.25, 0.3) is 11.5 Å². The molecule has 0 saturated heterocycles. The molecule has 134 valence electrons. The van der Waals surface area contributed by atoms with E-state index in [1.807, 2.05) is 45.9 Å². The molecule has 25 heavy (non-hydrogen) atoms. The molecule has 1 amide bonds. The second kappa shape index (κ2) is 8.58. The molecular weight excluding hydrogens is 318 g/mol. The Morgan fingerprint density at radius 1 is 1.28 bits per heavy atom. The minimum Gasteiger partial charge on any atom is -0.374 e. The normalized spacial score (nSPS) is 10.9. The van der Waals surface area contributed by atoms with Gasteiger partial charge in [-0.25, -0.2) is 5.10 Å². The summed E-state index contributed by atoms with van der Waals surface area (Å²) in [4.78, 5) is 24.8. The molecule has 0 spiro atoms. The van der Waals surface area contributed by atoms with E-state index in [2.05, 4.69) is 15.5 Å². The molecule has 0 atom stereocenters. The topological polar surface area (TPSA) is 84.1 Å². The summed E-state index contributed by atoms with van der Waals surface area (Å²) < 4.78 is 5.58. The smallest absolute Gasteiger partial charge is 0.277 e. The van der Waals surface area contributed by atoms with Crippen LogP contribution in [0.2, 0.25) is 0 Å². The Bertz CT molecular complexity index is 797. The van der Waals surface area contributed by atoms with E-state index < -0.39 is 11.5 Å². The first-order valence-electron chi connectivity index (χ1n) is 8.58. The van der Waals surface area contributed by atoms with Gasteiger partial charge in [-0.2, -0.15) is 5.10 Å². The summed E-state index contributed by atoms with van der Waals surface area (Å²) in [5.74, 6) is -0.419. The Morgan fingerprint density at radius 3 is 2.68 bits per heavy atom. The monoisotopic (exact) mass is 343 g/mol. The molecule has 0 unspecified atom stereocenters. The molecule has 0 radical (unpaired) electrons. The summed E-state index contributed by atoms with van der Waals surface area (Å²) >= 11 is 0. The molecule has 0 aliphatic rings. The van der Waals surface area contributed by atoms with Gasteiger partial charge in [-0.15, -0.1) is 0 Å². The SMILES string of the molecule is CCc1n[nH]c(=O)c(C(=O)Nc2cccc(COC(C)C)c2)c1CC. The number of hydrogen-bond acceptors (Lipinski definition) is 4. The van der Waals surface area contributed by atoms with Crippen LogP contribution in [0.1, 0.15) is 54.9 Å². The van der Waals surface area contributed by atoms with Gasteiger partial charge in [0.2, 0.25) is 0 Å². The number of aryl methyl sites for hydroxylation is 1. The van der Waals surface area contributed by atoms with E-state index in [1.54, 1.807) is 6.07 Å². The van der Waals surface area contributed by atoms with E-state index in [0.717, 1.165) is 11.3 Å². The van der Waals surface area contributed by atoms with Crippen molar-refractivity contribution in [1.29, 1.82) is 0 Å². The number of hydrogen-bond donors (Lipinski definition) is 2. The number of carbonyl (C=O) groups excluding carboxylic acids is 1. The molecule has 1 heterocycles. The maximum Gasteiger partial charge on any atom is 0.277 e. The highest BCUT2D eigenvalue weighted by molar-refractivity contribution is 6.05. The molecule has 2 rings (SSSR count). The number of ether oxygens (including phenoxy) is 1. The van der Waals surface area contributed by atoms with E-state index in [0.29, 0.717) is 30.7 Å². The van der Waals surface area contributed by atoms with Crippen LogP contribution in [0.5, 0.6) is 0 Å². The van der Waals surface area contributed by atoms with Gasteiger partial charge in [0.05, 0.1) is 18.4 Å². The number of rotatable bonds is 7. The second-order valence-corrected chi connectivity index (χ2v) is 6.07. The van der Waals surface area contributed by atoms with E-state index in [4.69, 9.17) is 4.74 Å². The summed E-state index contributed by atoms with van der Waals surface area (Å²) in [6.45, 7) is 8.27. The minimum absolute atomic E-state index is 0.133. The molecule has 6 heteroatoms. The van der Waals surface area contributed by atoms with E-state index in [-0.39, 0.29) is 11.7 Å². The van der Waals surface area contributed by atoms with Gasteiger partial charge < -0.3 is 10.1 Å². The lowest BCUT2D eigenvalue weighted by Crippen LogP contribution is -2.27. The molecule has 0 aliphatic heterocycles. The van der Waals surface area contributed by atoms with Gasteiger partial charge in [0, 0.05) is 5.69 Å². The highest BCUT2D eigenvalue weighted by Crippen LogP contribution is 2.15. The Labute approximate surface area is 147 Å². The fourth-order valence-electron chi connectivity index (χ4n) is 2.63. The van der Waals surface area contributed by atoms with Crippen LogP contribution in [0.15, 0.2) is 29.1 Å². The average molecular weight is 343 g/mol. The number of H-pyrrole nitrogens is 1. The van der Waals surface area contributed by atoms with Crippen LogP contribution in [-0.4, -0.2) is 22.2 Å². The maximum atomic E-state index is 12.7. The largest absolute Gasteiger partial charge is 0.374 e. The van der Waals surface area contributed by atoms with Crippen LogP contribution in [0, 0.1) is 0 Å². The van der Waals surface area contributed by atoms with Crippen LogP contribution in [0.4, 0.5) is 5.69 Å². The summed E-state index contributed by atoms with van der Waals surface area (Å²) in [5.41, 5.74) is 2.70. The number of anilines is 1. The third-order valence-corrected chi connectivity index (χ3v) is 3.85. The number of amides is 1. The predicted octanol–water partition coefficient (Wildman–Crippen LogP) is 3.07. The van der Waals surface area contributed by atoms with Gasteiger partial charge >= 0.3 is 0 Å².